The van der Waals surface area contributed by atoms with Gasteiger partial charge in [0.1, 0.15) is 0 Å². The molecule has 0 radical (unpaired) electrons. The number of benzene rings is 1. The summed E-state index contributed by atoms with van der Waals surface area (Å²) in [6, 6.07) is 4.44. The average Bonchev–Trinajstić information content (AvgIpc) is 3.12. The summed E-state index contributed by atoms with van der Waals surface area (Å²) in [6.07, 6.45) is 3.35. The van der Waals surface area contributed by atoms with E-state index in [1.807, 2.05) is 13.8 Å². The van der Waals surface area contributed by atoms with Crippen molar-refractivity contribution in [1.29, 1.82) is 0 Å². The molecule has 2 aromatic rings. The number of aromatic hydroxyl groups is 1. The number of nitrogens with two attached hydrogens (primary N) is 1. The van der Waals surface area contributed by atoms with Crippen LogP contribution in [0.2, 0.25) is 0 Å². The van der Waals surface area contributed by atoms with E-state index in [9.17, 15) is 9.90 Å². The largest absolute Gasteiger partial charge is 0.504 e. The molecule has 1 heterocycles. The van der Waals surface area contributed by atoms with Crippen LogP contribution in [0.4, 0.5) is 0 Å². The first-order chi connectivity index (χ1) is 12.9. The second-order valence-corrected chi connectivity index (χ2v) is 6.77. The highest BCUT2D eigenvalue weighted by molar-refractivity contribution is 5.85. The molecule has 1 amide bonds. The number of hydrogen-bond donors (Lipinski definition) is 3. The number of ether oxygens (including phenoxy) is 1. The predicted octanol–water partition coefficient (Wildman–Crippen LogP) is 2.68. The molecule has 0 saturated carbocycles. The Kier molecular flexibility index (Phi) is 9.75. The molecule has 2 rings (SSSR count). The van der Waals surface area contributed by atoms with Crippen LogP contribution >= 0.6 is 12.4 Å². The van der Waals surface area contributed by atoms with Crippen LogP contribution in [0.3, 0.4) is 0 Å². The molecular weight excluding hydrogens is 384 g/mol. The molecule has 0 unspecified atom stereocenters. The summed E-state index contributed by atoms with van der Waals surface area (Å²) in [4.78, 5) is 16.1. The fourth-order valence-corrected chi connectivity index (χ4v) is 2.50. The van der Waals surface area contributed by atoms with Crippen molar-refractivity contribution >= 4 is 18.3 Å². The molecule has 0 fully saturated rings. The first-order valence-corrected chi connectivity index (χ1v) is 9.15. The Labute approximate surface area is 171 Å². The number of phenolic OH excluding ortho intramolecular Hbond substituents is 1. The third kappa shape index (κ3) is 6.69. The molecule has 0 aliphatic heterocycles. The number of rotatable bonds is 10. The van der Waals surface area contributed by atoms with Gasteiger partial charge in [-0.3, -0.25) is 4.79 Å². The van der Waals surface area contributed by atoms with Gasteiger partial charge in [0.2, 0.25) is 17.6 Å². The zero-order chi connectivity index (χ0) is 19.8. The molecule has 28 heavy (non-hydrogen) atoms. The number of phenols is 1. The molecule has 9 heteroatoms. The Morgan fingerprint density at radius 1 is 1.32 bits per heavy atom. The highest BCUT2D eigenvalue weighted by Gasteiger charge is 2.16. The molecule has 8 nitrogen and oxygen atoms in total. The zero-order valence-electron chi connectivity index (χ0n) is 16.5. The van der Waals surface area contributed by atoms with Gasteiger partial charge in [-0.05, 0) is 37.0 Å². The van der Waals surface area contributed by atoms with Gasteiger partial charge in [0.15, 0.2) is 11.5 Å². The van der Waals surface area contributed by atoms with Gasteiger partial charge in [0.25, 0.3) is 0 Å². The fraction of sp³-hybridized carbons (Fsp3) is 0.526. The summed E-state index contributed by atoms with van der Waals surface area (Å²) in [6.45, 7) is 4.47. The first kappa shape index (κ1) is 23.7. The summed E-state index contributed by atoms with van der Waals surface area (Å²) in [7, 11) is 1.49. The molecule has 1 atom stereocenters. The Balaban J connectivity index is 0.00000392. The zero-order valence-corrected chi connectivity index (χ0v) is 17.3. The van der Waals surface area contributed by atoms with Gasteiger partial charge in [-0.2, -0.15) is 4.98 Å². The lowest BCUT2D eigenvalue weighted by molar-refractivity contribution is -0.123. The third-order valence-electron chi connectivity index (χ3n) is 4.29. The summed E-state index contributed by atoms with van der Waals surface area (Å²) in [5.74, 6) is 1.46. The topological polar surface area (TPSA) is 124 Å². The highest BCUT2D eigenvalue weighted by atomic mass is 35.5. The van der Waals surface area contributed by atoms with Gasteiger partial charge < -0.3 is 25.4 Å². The van der Waals surface area contributed by atoms with E-state index >= 15 is 0 Å². The number of aryl methyl sites for hydroxylation is 1. The SMILES string of the molecule is COc1cc(-c2noc(CCCCCNC(=O)[C@@H](N)C(C)C)n2)ccc1O.Cl. The molecule has 0 aliphatic carbocycles. The Bertz CT molecular complexity index is 751. The lowest BCUT2D eigenvalue weighted by atomic mass is 10.1. The van der Waals surface area contributed by atoms with Gasteiger partial charge in [-0.15, -0.1) is 12.4 Å². The Morgan fingerprint density at radius 2 is 2.07 bits per heavy atom. The molecule has 1 aromatic heterocycles. The number of methoxy groups -OCH3 is 1. The lowest BCUT2D eigenvalue weighted by Crippen LogP contribution is -2.44. The monoisotopic (exact) mass is 412 g/mol. The second-order valence-electron chi connectivity index (χ2n) is 6.77. The fourth-order valence-electron chi connectivity index (χ4n) is 2.50. The van der Waals surface area contributed by atoms with Crippen LogP contribution in [0.25, 0.3) is 11.4 Å². The van der Waals surface area contributed by atoms with E-state index in [0.717, 1.165) is 19.3 Å². The predicted molar refractivity (Wildman–Crippen MR) is 109 cm³/mol. The normalized spacial score (nSPS) is 11.8. The van der Waals surface area contributed by atoms with E-state index in [1.54, 1.807) is 12.1 Å². The number of aromatic nitrogens is 2. The van der Waals surface area contributed by atoms with Crippen molar-refractivity contribution in [3.8, 4) is 22.9 Å². The molecule has 0 bridgehead atoms. The molecule has 0 saturated heterocycles. The molecule has 156 valence electrons. The van der Waals surface area contributed by atoms with Crippen LogP contribution in [-0.2, 0) is 11.2 Å². The van der Waals surface area contributed by atoms with E-state index in [4.69, 9.17) is 15.0 Å². The Hall–Kier alpha value is -2.32. The van der Waals surface area contributed by atoms with Gasteiger partial charge in [-0.25, -0.2) is 0 Å². The van der Waals surface area contributed by atoms with E-state index in [2.05, 4.69) is 15.5 Å². The highest BCUT2D eigenvalue weighted by Crippen LogP contribution is 2.30. The summed E-state index contributed by atoms with van der Waals surface area (Å²) in [5.41, 5.74) is 6.50. The number of unbranched alkanes of at least 4 members (excludes halogenated alkanes) is 2. The van der Waals surface area contributed by atoms with E-state index < -0.39 is 6.04 Å². The van der Waals surface area contributed by atoms with Gasteiger partial charge in [-0.1, -0.05) is 25.4 Å². The number of carbonyl (C=O) groups excluding carboxylic acids is 1. The molecule has 1 aromatic carbocycles. The number of nitrogens with one attached hydrogen (secondary N) is 1. The maximum absolute atomic E-state index is 11.7. The minimum atomic E-state index is -0.458. The number of halogens is 1. The standard InChI is InChI=1S/C19H28N4O4.ClH/c1-12(2)17(20)19(25)21-10-6-4-5-7-16-22-18(23-27-16)13-8-9-14(24)15(11-13)26-3;/h8-9,11-12,17,24H,4-7,10,20H2,1-3H3,(H,21,25);1H/t17-;/m0./s1. The van der Waals surface area contributed by atoms with Gasteiger partial charge in [0, 0.05) is 18.5 Å². The van der Waals surface area contributed by atoms with Gasteiger partial charge in [0.05, 0.1) is 13.2 Å². The molecule has 4 N–H and O–H groups in total. The average molecular weight is 413 g/mol. The Morgan fingerprint density at radius 3 is 2.75 bits per heavy atom. The summed E-state index contributed by atoms with van der Waals surface area (Å²) >= 11 is 0. The smallest absolute Gasteiger partial charge is 0.237 e. The van der Waals surface area contributed by atoms with Crippen molar-refractivity contribution in [3.05, 3.63) is 24.1 Å². The van der Waals surface area contributed by atoms with Crippen LogP contribution in [0.1, 0.15) is 39.0 Å². The van der Waals surface area contributed by atoms with E-state index in [-0.39, 0.29) is 30.0 Å². The van der Waals surface area contributed by atoms with Crippen molar-refractivity contribution < 1.29 is 19.2 Å². The summed E-state index contributed by atoms with van der Waals surface area (Å²) in [5, 5.41) is 16.5. The number of carbonyl (C=O) groups is 1. The van der Waals surface area contributed by atoms with Gasteiger partial charge >= 0.3 is 0 Å². The van der Waals surface area contributed by atoms with Crippen molar-refractivity contribution in [2.75, 3.05) is 13.7 Å². The molecule has 0 aliphatic rings. The third-order valence-corrected chi connectivity index (χ3v) is 4.29. The van der Waals surface area contributed by atoms with E-state index in [0.29, 0.717) is 36.0 Å². The number of amides is 1. The van der Waals surface area contributed by atoms with Crippen LogP contribution in [0.15, 0.2) is 22.7 Å². The summed E-state index contributed by atoms with van der Waals surface area (Å²) < 4.78 is 10.4. The lowest BCUT2D eigenvalue weighted by Gasteiger charge is -2.15. The van der Waals surface area contributed by atoms with Crippen LogP contribution in [0, 0.1) is 5.92 Å². The first-order valence-electron chi connectivity index (χ1n) is 9.15. The van der Waals surface area contributed by atoms with Crippen molar-refractivity contribution in [1.82, 2.24) is 15.5 Å². The van der Waals surface area contributed by atoms with Crippen LogP contribution in [0.5, 0.6) is 11.5 Å². The minimum absolute atomic E-state index is 0. The maximum atomic E-state index is 11.7. The molecule has 0 spiro atoms. The van der Waals surface area contributed by atoms with Crippen LogP contribution in [-0.4, -0.2) is 40.9 Å². The number of hydrogen-bond acceptors (Lipinski definition) is 7. The van der Waals surface area contributed by atoms with Crippen molar-refractivity contribution in [3.63, 3.8) is 0 Å². The number of nitrogens with zero attached hydrogens (tertiary/aromatic N) is 2. The molecular formula is C19H29ClN4O4. The maximum Gasteiger partial charge on any atom is 0.237 e. The van der Waals surface area contributed by atoms with Crippen molar-refractivity contribution in [2.45, 2.75) is 45.6 Å². The van der Waals surface area contributed by atoms with Crippen molar-refractivity contribution in [2.24, 2.45) is 11.7 Å². The second kappa shape index (κ2) is 11.5. The quantitative estimate of drug-likeness (QED) is 0.512. The minimum Gasteiger partial charge on any atom is -0.504 e. The van der Waals surface area contributed by atoms with Crippen LogP contribution < -0.4 is 15.8 Å². The van der Waals surface area contributed by atoms with E-state index in [1.165, 1.54) is 13.2 Å².